The summed E-state index contributed by atoms with van der Waals surface area (Å²) in [6, 6.07) is 7.12. The van der Waals surface area contributed by atoms with Gasteiger partial charge in [-0.05, 0) is 24.3 Å². The van der Waals surface area contributed by atoms with Crippen molar-refractivity contribution in [3.05, 3.63) is 48.0 Å². The minimum atomic E-state index is -6.09. The zero-order valence-electron chi connectivity index (χ0n) is 13.4. The normalized spacial score (nSPS) is 11.5. The van der Waals surface area contributed by atoms with Crippen LogP contribution in [-0.2, 0) is 24.2 Å². The predicted octanol–water partition coefficient (Wildman–Crippen LogP) is 1.14. The molecule has 0 aliphatic rings. The lowest BCUT2D eigenvalue weighted by atomic mass is 10.1. The number of hydrogen-bond acceptors (Lipinski definition) is 5. The summed E-state index contributed by atoms with van der Waals surface area (Å²) in [4.78, 5) is 12.3. The molecule has 2 rings (SSSR count). The van der Waals surface area contributed by atoms with Gasteiger partial charge in [-0.25, -0.2) is 17.6 Å². The minimum Gasteiger partial charge on any atom is -0.741 e. The van der Waals surface area contributed by atoms with Crippen molar-refractivity contribution in [2.45, 2.75) is 5.51 Å². The minimum absolute atomic E-state index is 0.00246. The molecular formula is C14H15F3N2O5S. The van der Waals surface area contributed by atoms with Gasteiger partial charge in [-0.1, -0.05) is 0 Å². The fraction of sp³-hybridized carbons (Fsp3) is 0.286. The zero-order valence-corrected chi connectivity index (χ0v) is 14.3. The van der Waals surface area contributed by atoms with E-state index >= 15 is 0 Å². The number of imidazole rings is 1. The molecule has 0 radical (unpaired) electrons. The van der Waals surface area contributed by atoms with E-state index in [2.05, 4.69) is 0 Å². The number of alkyl halides is 3. The van der Waals surface area contributed by atoms with E-state index in [9.17, 15) is 18.0 Å². The summed E-state index contributed by atoms with van der Waals surface area (Å²) >= 11 is 0. The maximum absolute atomic E-state index is 12.3. The zero-order chi connectivity index (χ0) is 19.4. The Morgan fingerprint density at radius 3 is 2.04 bits per heavy atom. The molecule has 1 heterocycles. The third-order valence-corrected chi connectivity index (χ3v) is 3.59. The molecule has 0 unspecified atom stereocenters. The SMILES string of the molecule is COc1ccc(C(=O)c2n(C)cc[n+]2C)cc1.O=S(=O)([O-])C(F)(F)F. The van der Waals surface area contributed by atoms with Gasteiger partial charge in [0.25, 0.3) is 5.78 Å². The van der Waals surface area contributed by atoms with E-state index in [0.29, 0.717) is 11.4 Å². The van der Waals surface area contributed by atoms with Gasteiger partial charge in [-0.15, -0.1) is 0 Å². The van der Waals surface area contributed by atoms with Crippen molar-refractivity contribution in [3.63, 3.8) is 0 Å². The van der Waals surface area contributed by atoms with E-state index in [1.165, 1.54) is 0 Å². The number of hydrogen-bond donors (Lipinski definition) is 0. The lowest BCUT2D eigenvalue weighted by Crippen LogP contribution is -2.35. The average molecular weight is 380 g/mol. The second-order valence-electron chi connectivity index (χ2n) is 4.80. The fourth-order valence-corrected chi connectivity index (χ4v) is 1.78. The summed E-state index contributed by atoms with van der Waals surface area (Å²) in [7, 11) is -0.769. The molecule has 0 saturated heterocycles. The molecule has 0 atom stereocenters. The molecular weight excluding hydrogens is 365 g/mol. The Morgan fingerprint density at radius 1 is 1.24 bits per heavy atom. The van der Waals surface area contributed by atoms with Gasteiger partial charge in [0.2, 0.25) is 0 Å². The smallest absolute Gasteiger partial charge is 0.485 e. The van der Waals surface area contributed by atoms with Gasteiger partial charge in [-0.3, -0.25) is 4.79 Å². The van der Waals surface area contributed by atoms with Gasteiger partial charge in [0.1, 0.15) is 18.1 Å². The molecule has 0 saturated carbocycles. The highest BCUT2D eigenvalue weighted by molar-refractivity contribution is 7.86. The van der Waals surface area contributed by atoms with Gasteiger partial charge < -0.3 is 9.29 Å². The van der Waals surface area contributed by atoms with Crippen LogP contribution < -0.4 is 9.30 Å². The standard InChI is InChI=1S/C13H15N2O2.CHF3O3S/c1-14-8-9-15(2)13(14)12(16)10-4-6-11(17-3)7-5-10;2-1(3,4)8(5,6)7/h4-9H,1-3H3;(H,5,6,7)/q+1;/p-1. The van der Waals surface area contributed by atoms with Crippen molar-refractivity contribution < 1.29 is 40.2 Å². The van der Waals surface area contributed by atoms with Crippen molar-refractivity contribution in [2.24, 2.45) is 14.1 Å². The Bertz CT molecular complexity index is 823. The third kappa shape index (κ3) is 5.29. The molecule has 0 fully saturated rings. The van der Waals surface area contributed by atoms with Crippen LogP contribution in [0.2, 0.25) is 0 Å². The number of benzene rings is 1. The Balaban J connectivity index is 0.000000333. The lowest BCUT2D eigenvalue weighted by molar-refractivity contribution is -0.672. The number of ketones is 1. The first-order valence-corrected chi connectivity index (χ1v) is 8.01. The summed E-state index contributed by atoms with van der Waals surface area (Å²) < 4.78 is 67.6. The lowest BCUT2D eigenvalue weighted by Gasteiger charge is -2.08. The number of carbonyl (C=O) groups is 1. The maximum Gasteiger partial charge on any atom is 0.485 e. The van der Waals surface area contributed by atoms with Crippen molar-refractivity contribution in [1.29, 1.82) is 0 Å². The molecule has 1 aromatic heterocycles. The molecule has 0 amide bonds. The molecule has 2 aromatic rings. The van der Waals surface area contributed by atoms with E-state index in [-0.39, 0.29) is 5.78 Å². The van der Waals surface area contributed by atoms with Gasteiger partial charge in [0.15, 0.2) is 10.1 Å². The fourth-order valence-electron chi connectivity index (χ4n) is 1.78. The second kappa shape index (κ2) is 7.66. The summed E-state index contributed by atoms with van der Waals surface area (Å²) in [6.45, 7) is 0. The highest BCUT2D eigenvalue weighted by Gasteiger charge is 2.36. The molecule has 0 N–H and O–H groups in total. The molecule has 25 heavy (non-hydrogen) atoms. The molecule has 138 valence electrons. The van der Waals surface area contributed by atoms with Crippen molar-refractivity contribution in [2.75, 3.05) is 7.11 Å². The first-order valence-electron chi connectivity index (χ1n) is 6.60. The number of methoxy groups -OCH3 is 1. The molecule has 7 nitrogen and oxygen atoms in total. The predicted molar refractivity (Wildman–Crippen MR) is 78.8 cm³/mol. The summed E-state index contributed by atoms with van der Waals surface area (Å²) in [6.07, 6.45) is 3.72. The Morgan fingerprint density at radius 2 is 1.72 bits per heavy atom. The Kier molecular flexibility index (Phi) is 6.32. The number of nitrogens with zero attached hydrogens (tertiary/aromatic N) is 2. The number of halogens is 3. The van der Waals surface area contributed by atoms with Crippen molar-refractivity contribution >= 4 is 15.9 Å². The largest absolute Gasteiger partial charge is 0.741 e. The molecule has 11 heteroatoms. The van der Waals surface area contributed by atoms with Crippen LogP contribution in [0.5, 0.6) is 5.75 Å². The number of ether oxygens (including phenoxy) is 1. The Labute approximate surface area is 142 Å². The van der Waals surface area contributed by atoms with E-state index < -0.39 is 15.6 Å². The first kappa shape index (κ1) is 20.6. The Hall–Kier alpha value is -2.40. The number of rotatable bonds is 3. The van der Waals surface area contributed by atoms with Crippen LogP contribution in [0.1, 0.15) is 16.2 Å². The van der Waals surface area contributed by atoms with E-state index in [1.807, 2.05) is 35.6 Å². The summed E-state index contributed by atoms with van der Waals surface area (Å²) in [5.41, 5.74) is -4.99. The highest BCUT2D eigenvalue weighted by atomic mass is 32.2. The van der Waals surface area contributed by atoms with Crippen LogP contribution in [0.15, 0.2) is 36.7 Å². The van der Waals surface area contributed by atoms with Crippen LogP contribution >= 0.6 is 0 Å². The van der Waals surface area contributed by atoms with Crippen LogP contribution in [0.3, 0.4) is 0 Å². The van der Waals surface area contributed by atoms with Gasteiger partial charge in [-0.2, -0.15) is 13.2 Å². The van der Waals surface area contributed by atoms with Crippen molar-refractivity contribution in [1.82, 2.24) is 4.57 Å². The molecule has 0 aliphatic carbocycles. The van der Waals surface area contributed by atoms with Crippen LogP contribution in [0.4, 0.5) is 13.2 Å². The van der Waals surface area contributed by atoms with Crippen molar-refractivity contribution in [3.8, 4) is 5.75 Å². The second-order valence-corrected chi connectivity index (χ2v) is 6.17. The topological polar surface area (TPSA) is 92.3 Å². The van der Waals surface area contributed by atoms with Crippen LogP contribution in [0.25, 0.3) is 0 Å². The summed E-state index contributed by atoms with van der Waals surface area (Å²) in [5, 5.41) is 0. The summed E-state index contributed by atoms with van der Waals surface area (Å²) in [5.74, 6) is 1.40. The monoisotopic (exact) mass is 380 g/mol. The molecule has 0 spiro atoms. The van der Waals surface area contributed by atoms with Crippen LogP contribution in [-0.4, -0.2) is 35.9 Å². The number of aryl methyl sites for hydroxylation is 2. The molecule has 0 aliphatic heterocycles. The van der Waals surface area contributed by atoms with E-state index in [4.69, 9.17) is 17.7 Å². The molecule has 0 bridgehead atoms. The quantitative estimate of drug-likeness (QED) is 0.345. The molecule has 1 aromatic carbocycles. The number of aromatic nitrogens is 2. The van der Waals surface area contributed by atoms with E-state index in [0.717, 1.165) is 5.75 Å². The van der Waals surface area contributed by atoms with Gasteiger partial charge in [0.05, 0.1) is 21.2 Å². The van der Waals surface area contributed by atoms with E-state index in [1.54, 1.807) is 31.4 Å². The van der Waals surface area contributed by atoms with Crippen LogP contribution in [0, 0.1) is 0 Å². The average Bonchev–Trinajstić information content (AvgIpc) is 2.84. The third-order valence-electron chi connectivity index (χ3n) is 3.02. The van der Waals surface area contributed by atoms with Gasteiger partial charge >= 0.3 is 11.3 Å². The highest BCUT2D eigenvalue weighted by Crippen LogP contribution is 2.20. The number of carbonyl (C=O) groups excluding carboxylic acids is 1. The first-order chi connectivity index (χ1) is 11.4. The van der Waals surface area contributed by atoms with Gasteiger partial charge in [0, 0.05) is 5.56 Å². The maximum atomic E-state index is 12.3.